The molecule has 21 heavy (non-hydrogen) atoms. The van der Waals surface area contributed by atoms with Crippen LogP contribution in [0, 0.1) is 0 Å². The third kappa shape index (κ3) is 6.70. The summed E-state index contributed by atoms with van der Waals surface area (Å²) in [7, 11) is -3.47. The van der Waals surface area contributed by atoms with Gasteiger partial charge in [-0.3, -0.25) is 4.79 Å². The van der Waals surface area contributed by atoms with Gasteiger partial charge in [0.25, 0.3) is 0 Å². The molecular formula is C14H23N3O3S. The average molecular weight is 313 g/mol. The van der Waals surface area contributed by atoms with Crippen molar-refractivity contribution >= 4 is 15.9 Å². The molecule has 1 aromatic rings. The summed E-state index contributed by atoms with van der Waals surface area (Å²) in [6.45, 7) is 2.96. The Labute approximate surface area is 126 Å². The highest BCUT2D eigenvalue weighted by Crippen LogP contribution is 2.11. The lowest BCUT2D eigenvalue weighted by molar-refractivity contribution is -0.120. The Balaban J connectivity index is 2.49. The molecule has 0 saturated carbocycles. The van der Waals surface area contributed by atoms with Gasteiger partial charge in [0.1, 0.15) is 0 Å². The van der Waals surface area contributed by atoms with Gasteiger partial charge in [-0.2, -0.15) is 0 Å². The van der Waals surface area contributed by atoms with Crippen LogP contribution in [-0.4, -0.2) is 27.4 Å². The molecule has 118 valence electrons. The van der Waals surface area contributed by atoms with Gasteiger partial charge in [0.15, 0.2) is 0 Å². The summed E-state index contributed by atoms with van der Waals surface area (Å²) in [5.41, 5.74) is 7.08. The molecule has 0 unspecified atom stereocenters. The van der Waals surface area contributed by atoms with Gasteiger partial charge in [-0.05, 0) is 17.5 Å². The van der Waals surface area contributed by atoms with Crippen molar-refractivity contribution in [3.05, 3.63) is 35.4 Å². The van der Waals surface area contributed by atoms with Crippen LogP contribution in [-0.2, 0) is 27.1 Å². The molecule has 1 rings (SSSR count). The Morgan fingerprint density at radius 3 is 2.48 bits per heavy atom. The van der Waals surface area contributed by atoms with Crippen LogP contribution < -0.4 is 15.8 Å². The summed E-state index contributed by atoms with van der Waals surface area (Å²) in [5, 5.41) is 2.70. The zero-order chi connectivity index (χ0) is 15.7. The predicted octanol–water partition coefficient (Wildman–Crippen LogP) is 0.481. The second-order valence-electron chi connectivity index (χ2n) is 4.73. The lowest BCUT2D eigenvalue weighted by Gasteiger charge is -2.10. The highest BCUT2D eigenvalue weighted by Gasteiger charge is 2.13. The molecule has 0 saturated heterocycles. The first-order valence-corrected chi connectivity index (χ1v) is 8.64. The van der Waals surface area contributed by atoms with Crippen molar-refractivity contribution < 1.29 is 13.2 Å². The van der Waals surface area contributed by atoms with Crippen LogP contribution in [0.3, 0.4) is 0 Å². The van der Waals surface area contributed by atoms with Crippen molar-refractivity contribution in [1.82, 2.24) is 10.0 Å². The highest BCUT2D eigenvalue weighted by atomic mass is 32.2. The summed E-state index contributed by atoms with van der Waals surface area (Å²) in [5.74, 6) is -0.279. The van der Waals surface area contributed by atoms with E-state index in [2.05, 4.69) is 10.0 Å². The minimum atomic E-state index is -3.47. The van der Waals surface area contributed by atoms with Crippen LogP contribution in [0.15, 0.2) is 24.3 Å². The molecule has 6 nitrogen and oxygen atoms in total. The Bertz CT molecular complexity index is 558. The largest absolute Gasteiger partial charge is 0.356 e. The van der Waals surface area contributed by atoms with E-state index in [9.17, 15) is 13.2 Å². The number of nitrogens with two attached hydrogens (primary N) is 1. The maximum absolute atomic E-state index is 12.0. The maximum Gasteiger partial charge on any atom is 0.221 e. The second-order valence-corrected chi connectivity index (χ2v) is 6.53. The number of nitrogens with one attached hydrogen (secondary N) is 2. The van der Waals surface area contributed by atoms with Gasteiger partial charge in [-0.15, -0.1) is 0 Å². The van der Waals surface area contributed by atoms with Crippen molar-refractivity contribution in [3.8, 4) is 0 Å². The molecule has 1 aromatic carbocycles. The van der Waals surface area contributed by atoms with Crippen molar-refractivity contribution in [1.29, 1.82) is 0 Å². The van der Waals surface area contributed by atoms with Crippen LogP contribution in [0.1, 0.15) is 30.9 Å². The van der Waals surface area contributed by atoms with Gasteiger partial charge in [0.05, 0.1) is 5.75 Å². The molecule has 0 fully saturated rings. The average Bonchev–Trinajstić information content (AvgIpc) is 2.45. The zero-order valence-corrected chi connectivity index (χ0v) is 13.1. The lowest BCUT2D eigenvalue weighted by Crippen LogP contribution is -2.31. The van der Waals surface area contributed by atoms with Gasteiger partial charge < -0.3 is 11.1 Å². The summed E-state index contributed by atoms with van der Waals surface area (Å²) in [4.78, 5) is 11.4. The van der Waals surface area contributed by atoms with E-state index >= 15 is 0 Å². The van der Waals surface area contributed by atoms with Crippen LogP contribution in [0.4, 0.5) is 0 Å². The molecule has 0 radical (unpaired) electrons. The molecule has 0 aromatic heterocycles. The standard InChI is InChI=1S/C14H23N3O3S/c1-2-8-16-14(18)7-9-17-21(19,20)11-13-6-4-3-5-12(13)10-15/h3-6,17H,2,7-11,15H2,1H3,(H,16,18). The first kappa shape index (κ1) is 17.6. The molecule has 0 aliphatic heterocycles. The Hall–Kier alpha value is -1.44. The fourth-order valence-electron chi connectivity index (χ4n) is 1.83. The predicted molar refractivity (Wildman–Crippen MR) is 82.9 cm³/mol. The van der Waals surface area contributed by atoms with Crippen LogP contribution in [0.25, 0.3) is 0 Å². The molecule has 0 bridgehead atoms. The normalized spacial score (nSPS) is 11.3. The van der Waals surface area contributed by atoms with Gasteiger partial charge in [0.2, 0.25) is 15.9 Å². The number of carbonyl (C=O) groups excluding carboxylic acids is 1. The number of carbonyl (C=O) groups is 1. The Morgan fingerprint density at radius 1 is 1.19 bits per heavy atom. The first-order valence-electron chi connectivity index (χ1n) is 6.99. The van der Waals surface area contributed by atoms with Crippen molar-refractivity contribution in [2.75, 3.05) is 13.1 Å². The quantitative estimate of drug-likeness (QED) is 0.617. The van der Waals surface area contributed by atoms with Crippen molar-refractivity contribution in [3.63, 3.8) is 0 Å². The molecule has 0 aliphatic carbocycles. The SMILES string of the molecule is CCCNC(=O)CCNS(=O)(=O)Cc1ccccc1CN. The minimum Gasteiger partial charge on any atom is -0.356 e. The van der Waals surface area contributed by atoms with Crippen molar-refractivity contribution in [2.24, 2.45) is 5.73 Å². The lowest BCUT2D eigenvalue weighted by atomic mass is 10.1. The molecule has 4 N–H and O–H groups in total. The highest BCUT2D eigenvalue weighted by molar-refractivity contribution is 7.88. The fourth-order valence-corrected chi connectivity index (χ4v) is 3.03. The van der Waals surface area contributed by atoms with E-state index in [0.29, 0.717) is 18.7 Å². The van der Waals surface area contributed by atoms with Gasteiger partial charge in [-0.25, -0.2) is 13.1 Å². The van der Waals surface area contributed by atoms with Gasteiger partial charge >= 0.3 is 0 Å². The van der Waals surface area contributed by atoms with E-state index in [1.54, 1.807) is 12.1 Å². The molecule has 0 spiro atoms. The summed E-state index contributed by atoms with van der Waals surface area (Å²) in [6.07, 6.45) is 0.991. The number of hydrogen-bond donors (Lipinski definition) is 3. The van der Waals surface area contributed by atoms with E-state index in [0.717, 1.165) is 12.0 Å². The van der Waals surface area contributed by atoms with E-state index in [4.69, 9.17) is 5.73 Å². The monoisotopic (exact) mass is 313 g/mol. The van der Waals surface area contributed by atoms with Crippen LogP contribution in [0.5, 0.6) is 0 Å². The molecule has 1 amide bonds. The summed E-state index contributed by atoms with van der Waals surface area (Å²) < 4.78 is 26.4. The molecule has 0 atom stereocenters. The number of benzene rings is 1. The third-order valence-corrected chi connectivity index (χ3v) is 4.27. The van der Waals surface area contributed by atoms with E-state index < -0.39 is 10.0 Å². The number of hydrogen-bond acceptors (Lipinski definition) is 4. The molecule has 0 heterocycles. The van der Waals surface area contributed by atoms with E-state index in [1.807, 2.05) is 19.1 Å². The topological polar surface area (TPSA) is 101 Å². The fraction of sp³-hybridized carbons (Fsp3) is 0.500. The minimum absolute atomic E-state index is 0.0999. The number of sulfonamides is 1. The second kappa shape index (κ2) is 8.76. The van der Waals surface area contributed by atoms with E-state index in [-0.39, 0.29) is 24.6 Å². The molecule has 7 heteroatoms. The third-order valence-electron chi connectivity index (χ3n) is 2.93. The summed E-state index contributed by atoms with van der Waals surface area (Å²) >= 11 is 0. The summed E-state index contributed by atoms with van der Waals surface area (Å²) in [6, 6.07) is 7.16. The molecular weight excluding hydrogens is 290 g/mol. The van der Waals surface area contributed by atoms with E-state index in [1.165, 1.54) is 0 Å². The Kier molecular flexibility index (Phi) is 7.35. The maximum atomic E-state index is 12.0. The molecule has 0 aliphatic rings. The first-order chi connectivity index (χ1) is 9.98. The number of amides is 1. The van der Waals surface area contributed by atoms with Gasteiger partial charge in [-0.1, -0.05) is 31.2 Å². The van der Waals surface area contributed by atoms with Crippen LogP contribution >= 0.6 is 0 Å². The Morgan fingerprint density at radius 2 is 1.86 bits per heavy atom. The smallest absolute Gasteiger partial charge is 0.221 e. The van der Waals surface area contributed by atoms with Gasteiger partial charge in [0, 0.05) is 26.1 Å². The van der Waals surface area contributed by atoms with Crippen LogP contribution in [0.2, 0.25) is 0 Å². The number of rotatable bonds is 9. The zero-order valence-electron chi connectivity index (χ0n) is 12.3. The van der Waals surface area contributed by atoms with Crippen molar-refractivity contribution in [2.45, 2.75) is 32.1 Å².